The van der Waals surface area contributed by atoms with E-state index >= 15 is 0 Å². The van der Waals surface area contributed by atoms with Gasteiger partial charge in [0.1, 0.15) is 12.1 Å². The van der Waals surface area contributed by atoms with Crippen molar-refractivity contribution in [3.8, 4) is 5.69 Å². The summed E-state index contributed by atoms with van der Waals surface area (Å²) in [5.74, 6) is -0.180. The Kier molecular flexibility index (Phi) is 3.47. The lowest BCUT2D eigenvalue weighted by Gasteiger charge is -2.18. The van der Waals surface area contributed by atoms with Gasteiger partial charge in [-0.3, -0.25) is 4.57 Å². The zero-order valence-electron chi connectivity index (χ0n) is 12.4. The molecule has 1 atom stereocenters. The fourth-order valence-corrected chi connectivity index (χ4v) is 2.54. The van der Waals surface area contributed by atoms with Gasteiger partial charge in [-0.1, -0.05) is 12.1 Å². The molecule has 0 spiro atoms. The molecule has 0 aliphatic heterocycles. The van der Waals surface area contributed by atoms with Crippen LogP contribution in [0.3, 0.4) is 0 Å². The van der Waals surface area contributed by atoms with Crippen LogP contribution in [0, 0.1) is 12.7 Å². The smallest absolute Gasteiger partial charge is 0.126 e. The van der Waals surface area contributed by atoms with Crippen LogP contribution in [-0.4, -0.2) is 16.6 Å². The number of nitrogens with zero attached hydrogens (tertiary/aromatic N) is 2. The summed E-state index contributed by atoms with van der Waals surface area (Å²) in [5.41, 5.74) is 4.47. The van der Waals surface area contributed by atoms with Crippen LogP contribution in [0.4, 0.5) is 4.39 Å². The monoisotopic (exact) mass is 283 g/mol. The van der Waals surface area contributed by atoms with E-state index in [0.717, 1.165) is 22.3 Å². The average molecular weight is 283 g/mol. The number of aromatic nitrogens is 2. The number of nitrogens with one attached hydrogen (secondary N) is 1. The Morgan fingerprint density at radius 2 is 2.00 bits per heavy atom. The average Bonchev–Trinajstić information content (AvgIpc) is 2.92. The van der Waals surface area contributed by atoms with Crippen LogP contribution in [0.15, 0.2) is 42.7 Å². The maximum Gasteiger partial charge on any atom is 0.126 e. The van der Waals surface area contributed by atoms with Gasteiger partial charge >= 0.3 is 0 Å². The maximum absolute atomic E-state index is 14.0. The molecule has 1 N–H and O–H groups in total. The second kappa shape index (κ2) is 5.30. The first-order chi connectivity index (χ1) is 10.1. The van der Waals surface area contributed by atoms with E-state index in [1.54, 1.807) is 19.3 Å². The standard InChI is InChI=1S/C17H18FN3/c1-11-8-17(13(9-14(11)18)12(2)19-3)21-10-20-15-6-4-5-7-16(15)21/h4-10,12,19H,1-3H3. The van der Waals surface area contributed by atoms with Gasteiger partial charge in [0, 0.05) is 6.04 Å². The molecule has 0 aliphatic rings. The van der Waals surface area contributed by atoms with Gasteiger partial charge in [-0.25, -0.2) is 9.37 Å². The van der Waals surface area contributed by atoms with Crippen LogP contribution >= 0.6 is 0 Å². The Morgan fingerprint density at radius 3 is 2.76 bits per heavy atom. The number of benzene rings is 2. The van der Waals surface area contributed by atoms with Gasteiger partial charge in [0.15, 0.2) is 0 Å². The van der Waals surface area contributed by atoms with Crippen LogP contribution in [0.1, 0.15) is 24.1 Å². The zero-order valence-corrected chi connectivity index (χ0v) is 12.4. The summed E-state index contributed by atoms with van der Waals surface area (Å²) in [6, 6.07) is 11.5. The Balaban J connectivity index is 2.28. The van der Waals surface area contributed by atoms with Crippen LogP contribution in [0.25, 0.3) is 16.7 Å². The van der Waals surface area contributed by atoms with Gasteiger partial charge in [-0.2, -0.15) is 0 Å². The van der Waals surface area contributed by atoms with Crippen molar-refractivity contribution in [2.24, 2.45) is 0 Å². The first-order valence-electron chi connectivity index (χ1n) is 7.01. The minimum atomic E-state index is -0.180. The molecule has 108 valence electrons. The van der Waals surface area contributed by atoms with Crippen molar-refractivity contribution >= 4 is 11.0 Å². The van der Waals surface area contributed by atoms with Gasteiger partial charge in [0.05, 0.1) is 16.7 Å². The van der Waals surface area contributed by atoms with E-state index < -0.39 is 0 Å². The summed E-state index contributed by atoms with van der Waals surface area (Å²) in [4.78, 5) is 4.42. The van der Waals surface area contributed by atoms with E-state index in [1.807, 2.05) is 48.9 Å². The summed E-state index contributed by atoms with van der Waals surface area (Å²) in [6.07, 6.45) is 1.79. The number of fused-ring (bicyclic) bond motifs is 1. The van der Waals surface area contributed by atoms with E-state index in [2.05, 4.69) is 10.3 Å². The van der Waals surface area contributed by atoms with Crippen molar-refractivity contribution in [1.29, 1.82) is 0 Å². The van der Waals surface area contributed by atoms with Gasteiger partial charge in [0.25, 0.3) is 0 Å². The Hall–Kier alpha value is -2.20. The van der Waals surface area contributed by atoms with E-state index in [-0.39, 0.29) is 11.9 Å². The molecule has 0 aliphatic carbocycles. The SMILES string of the molecule is CNC(C)c1cc(F)c(C)cc1-n1cnc2ccccc21. The van der Waals surface area contributed by atoms with Crippen LogP contribution in [-0.2, 0) is 0 Å². The van der Waals surface area contributed by atoms with Crippen molar-refractivity contribution in [3.05, 3.63) is 59.7 Å². The van der Waals surface area contributed by atoms with Crippen molar-refractivity contribution < 1.29 is 4.39 Å². The summed E-state index contributed by atoms with van der Waals surface area (Å²) in [7, 11) is 1.87. The third-order valence-electron chi connectivity index (χ3n) is 3.92. The summed E-state index contributed by atoms with van der Waals surface area (Å²) >= 11 is 0. The highest BCUT2D eigenvalue weighted by Crippen LogP contribution is 2.27. The third kappa shape index (κ3) is 2.32. The highest BCUT2D eigenvalue weighted by Gasteiger charge is 2.15. The van der Waals surface area contributed by atoms with E-state index in [1.165, 1.54) is 0 Å². The third-order valence-corrected chi connectivity index (χ3v) is 3.92. The lowest BCUT2D eigenvalue weighted by Crippen LogP contribution is -2.15. The molecule has 0 radical (unpaired) electrons. The molecule has 0 saturated carbocycles. The van der Waals surface area contributed by atoms with Crippen LogP contribution in [0.2, 0.25) is 0 Å². The quantitative estimate of drug-likeness (QED) is 0.793. The van der Waals surface area contributed by atoms with Crippen molar-refractivity contribution in [2.45, 2.75) is 19.9 Å². The molecule has 1 aromatic heterocycles. The van der Waals surface area contributed by atoms with E-state index in [4.69, 9.17) is 0 Å². The number of aryl methyl sites for hydroxylation is 1. The second-order valence-electron chi connectivity index (χ2n) is 5.27. The maximum atomic E-state index is 14.0. The molecule has 3 aromatic rings. The Labute approximate surface area is 123 Å². The molecule has 2 aromatic carbocycles. The Bertz CT molecular complexity index is 792. The molecule has 0 saturated heterocycles. The number of rotatable bonds is 3. The van der Waals surface area contributed by atoms with Crippen molar-refractivity contribution in [2.75, 3.05) is 7.05 Å². The van der Waals surface area contributed by atoms with Gasteiger partial charge < -0.3 is 5.32 Å². The molecule has 3 rings (SSSR count). The normalized spacial score (nSPS) is 12.8. The first kappa shape index (κ1) is 13.8. The highest BCUT2D eigenvalue weighted by atomic mass is 19.1. The minimum absolute atomic E-state index is 0.0521. The molecule has 0 amide bonds. The van der Waals surface area contributed by atoms with Gasteiger partial charge in [0.2, 0.25) is 0 Å². The topological polar surface area (TPSA) is 29.9 Å². The molecular weight excluding hydrogens is 265 g/mol. The summed E-state index contributed by atoms with van der Waals surface area (Å²) in [5, 5.41) is 3.18. The highest BCUT2D eigenvalue weighted by molar-refractivity contribution is 5.77. The zero-order chi connectivity index (χ0) is 15.0. The van der Waals surface area contributed by atoms with E-state index in [0.29, 0.717) is 5.56 Å². The number of para-hydroxylation sites is 2. The molecule has 21 heavy (non-hydrogen) atoms. The minimum Gasteiger partial charge on any atom is -0.313 e. The fraction of sp³-hybridized carbons (Fsp3) is 0.235. The molecule has 0 fully saturated rings. The van der Waals surface area contributed by atoms with Crippen molar-refractivity contribution in [3.63, 3.8) is 0 Å². The Morgan fingerprint density at radius 1 is 1.24 bits per heavy atom. The fourth-order valence-electron chi connectivity index (χ4n) is 2.54. The lowest BCUT2D eigenvalue weighted by atomic mass is 10.0. The predicted octanol–water partition coefficient (Wildman–Crippen LogP) is 3.75. The number of imidazole rings is 1. The number of hydrogen-bond acceptors (Lipinski definition) is 2. The lowest BCUT2D eigenvalue weighted by molar-refractivity contribution is 0.599. The largest absolute Gasteiger partial charge is 0.313 e. The first-order valence-corrected chi connectivity index (χ1v) is 7.01. The molecule has 3 nitrogen and oxygen atoms in total. The molecule has 1 unspecified atom stereocenters. The number of halogens is 1. The van der Waals surface area contributed by atoms with Gasteiger partial charge in [-0.15, -0.1) is 0 Å². The molecule has 1 heterocycles. The summed E-state index contributed by atoms with van der Waals surface area (Å²) in [6.45, 7) is 3.80. The summed E-state index contributed by atoms with van der Waals surface area (Å²) < 4.78 is 16.0. The number of hydrogen-bond donors (Lipinski definition) is 1. The predicted molar refractivity (Wildman–Crippen MR) is 83.2 cm³/mol. The second-order valence-corrected chi connectivity index (χ2v) is 5.27. The molecule has 4 heteroatoms. The van der Waals surface area contributed by atoms with Crippen LogP contribution in [0.5, 0.6) is 0 Å². The van der Waals surface area contributed by atoms with E-state index in [9.17, 15) is 4.39 Å². The molecule has 0 bridgehead atoms. The molecular formula is C17H18FN3. The van der Waals surface area contributed by atoms with Crippen molar-refractivity contribution in [1.82, 2.24) is 14.9 Å². The van der Waals surface area contributed by atoms with Gasteiger partial charge in [-0.05, 0) is 56.3 Å². The van der Waals surface area contributed by atoms with Crippen LogP contribution < -0.4 is 5.32 Å².